The van der Waals surface area contributed by atoms with Gasteiger partial charge in [0, 0.05) is 17.5 Å². The fraction of sp³-hybridized carbons (Fsp3) is 0.409. The molecule has 2 aromatic rings. The van der Waals surface area contributed by atoms with Crippen LogP contribution in [0.25, 0.3) is 0 Å². The number of aliphatic hydroxyl groups is 1. The molecule has 2 atom stereocenters. The highest BCUT2D eigenvalue weighted by atomic mass is 35.5. The minimum Gasteiger partial charge on any atom is -0.482 e. The number of halogens is 1. The number of esters is 1. The van der Waals surface area contributed by atoms with Gasteiger partial charge >= 0.3 is 5.97 Å². The van der Waals surface area contributed by atoms with Gasteiger partial charge in [0.1, 0.15) is 12.0 Å². The molecule has 0 aliphatic heterocycles. The topological polar surface area (TPSA) is 67.8 Å². The second-order valence-electron chi connectivity index (χ2n) is 6.98. The SMILES string of the molecule is CCOC(=O)COc1ccc2c(c1)C[C@@H](N[C@H](O)Cc1cccc(Cl)c1)CC2. The van der Waals surface area contributed by atoms with Crippen molar-refractivity contribution in [3.05, 3.63) is 64.2 Å². The Kier molecular flexibility index (Phi) is 7.31. The smallest absolute Gasteiger partial charge is 0.344 e. The number of ether oxygens (including phenoxy) is 2. The second kappa shape index (κ2) is 9.92. The lowest BCUT2D eigenvalue weighted by Crippen LogP contribution is -2.42. The average molecular weight is 404 g/mol. The number of hydrogen-bond donors (Lipinski definition) is 2. The van der Waals surface area contributed by atoms with Crippen LogP contribution in [-0.4, -0.2) is 36.6 Å². The molecule has 28 heavy (non-hydrogen) atoms. The van der Waals surface area contributed by atoms with Gasteiger partial charge in [-0.1, -0.05) is 29.8 Å². The highest BCUT2D eigenvalue weighted by molar-refractivity contribution is 6.30. The summed E-state index contributed by atoms with van der Waals surface area (Å²) in [6.45, 7) is 2.02. The summed E-state index contributed by atoms with van der Waals surface area (Å²) in [5.41, 5.74) is 3.46. The van der Waals surface area contributed by atoms with E-state index in [0.29, 0.717) is 23.8 Å². The summed E-state index contributed by atoms with van der Waals surface area (Å²) in [6, 6.07) is 13.6. The van der Waals surface area contributed by atoms with E-state index in [-0.39, 0.29) is 18.6 Å². The Bertz CT molecular complexity index is 811. The number of carbonyl (C=O) groups is 1. The van der Waals surface area contributed by atoms with Crippen molar-refractivity contribution < 1.29 is 19.4 Å². The van der Waals surface area contributed by atoms with Gasteiger partial charge in [-0.15, -0.1) is 0 Å². The van der Waals surface area contributed by atoms with Crippen LogP contribution in [0, 0.1) is 0 Å². The first-order chi connectivity index (χ1) is 13.5. The first kappa shape index (κ1) is 20.6. The third kappa shape index (κ3) is 5.96. The molecule has 2 N–H and O–H groups in total. The van der Waals surface area contributed by atoms with Crippen LogP contribution in [0.4, 0.5) is 0 Å². The van der Waals surface area contributed by atoms with Crippen molar-refractivity contribution in [3.63, 3.8) is 0 Å². The second-order valence-corrected chi connectivity index (χ2v) is 7.42. The number of benzene rings is 2. The molecule has 0 unspecified atom stereocenters. The summed E-state index contributed by atoms with van der Waals surface area (Å²) >= 11 is 6.01. The van der Waals surface area contributed by atoms with Gasteiger partial charge in [-0.25, -0.2) is 4.79 Å². The van der Waals surface area contributed by atoms with Crippen LogP contribution >= 0.6 is 11.6 Å². The van der Waals surface area contributed by atoms with Crippen molar-refractivity contribution in [1.29, 1.82) is 0 Å². The number of nitrogens with one attached hydrogen (secondary N) is 1. The van der Waals surface area contributed by atoms with Crippen molar-refractivity contribution in [1.82, 2.24) is 5.32 Å². The minimum atomic E-state index is -0.631. The molecule has 1 aliphatic rings. The van der Waals surface area contributed by atoms with Gasteiger partial charge in [0.05, 0.1) is 6.61 Å². The maximum atomic E-state index is 11.5. The van der Waals surface area contributed by atoms with Crippen molar-refractivity contribution in [2.75, 3.05) is 13.2 Å². The van der Waals surface area contributed by atoms with E-state index in [2.05, 4.69) is 11.4 Å². The van der Waals surface area contributed by atoms with Crippen LogP contribution in [0.2, 0.25) is 5.02 Å². The van der Waals surface area contributed by atoms with E-state index in [0.717, 1.165) is 24.8 Å². The molecule has 5 nitrogen and oxygen atoms in total. The minimum absolute atomic E-state index is 0.0906. The van der Waals surface area contributed by atoms with E-state index < -0.39 is 6.23 Å². The van der Waals surface area contributed by atoms with Gasteiger partial charge in [-0.05, 0) is 67.1 Å². The Labute approximate surface area is 170 Å². The molecule has 0 aromatic heterocycles. The highest BCUT2D eigenvalue weighted by Gasteiger charge is 2.21. The van der Waals surface area contributed by atoms with E-state index in [1.807, 2.05) is 36.4 Å². The van der Waals surface area contributed by atoms with Crippen LogP contribution in [0.3, 0.4) is 0 Å². The number of rotatable bonds is 8. The van der Waals surface area contributed by atoms with Gasteiger partial charge in [0.25, 0.3) is 0 Å². The predicted molar refractivity (Wildman–Crippen MR) is 109 cm³/mol. The molecule has 0 saturated carbocycles. The zero-order valence-electron chi connectivity index (χ0n) is 16.0. The average Bonchev–Trinajstić information content (AvgIpc) is 2.66. The van der Waals surface area contributed by atoms with E-state index in [1.165, 1.54) is 11.1 Å². The van der Waals surface area contributed by atoms with Gasteiger partial charge in [0.15, 0.2) is 6.61 Å². The monoisotopic (exact) mass is 403 g/mol. The summed E-state index contributed by atoms with van der Waals surface area (Å²) in [6.07, 6.45) is 2.58. The molecule has 0 heterocycles. The summed E-state index contributed by atoms with van der Waals surface area (Å²) < 4.78 is 10.4. The van der Waals surface area contributed by atoms with Crippen LogP contribution in [-0.2, 0) is 28.8 Å². The maximum Gasteiger partial charge on any atom is 0.344 e. The normalized spacial score (nSPS) is 16.9. The quantitative estimate of drug-likeness (QED) is 0.523. The molecule has 0 bridgehead atoms. The van der Waals surface area contributed by atoms with Crippen LogP contribution in [0.5, 0.6) is 5.75 Å². The van der Waals surface area contributed by atoms with Crippen molar-refractivity contribution in [2.24, 2.45) is 0 Å². The molecule has 2 aromatic carbocycles. The van der Waals surface area contributed by atoms with Gasteiger partial charge in [-0.2, -0.15) is 0 Å². The Morgan fingerprint density at radius 3 is 2.93 bits per heavy atom. The summed E-state index contributed by atoms with van der Waals surface area (Å²) in [4.78, 5) is 11.5. The summed E-state index contributed by atoms with van der Waals surface area (Å²) in [5.74, 6) is 0.288. The molecule has 0 saturated heterocycles. The van der Waals surface area contributed by atoms with Crippen molar-refractivity contribution >= 4 is 17.6 Å². The van der Waals surface area contributed by atoms with E-state index >= 15 is 0 Å². The molecule has 1 aliphatic carbocycles. The molecule has 3 rings (SSSR count). The molecule has 0 fully saturated rings. The van der Waals surface area contributed by atoms with Crippen LogP contribution < -0.4 is 10.1 Å². The van der Waals surface area contributed by atoms with Crippen molar-refractivity contribution in [2.45, 2.75) is 44.9 Å². The third-order valence-electron chi connectivity index (χ3n) is 4.81. The number of carbonyl (C=O) groups excluding carboxylic acids is 1. The number of hydrogen-bond acceptors (Lipinski definition) is 5. The fourth-order valence-electron chi connectivity index (χ4n) is 3.53. The lowest BCUT2D eigenvalue weighted by molar-refractivity contribution is -0.145. The molecular formula is C22H26ClNO4. The lowest BCUT2D eigenvalue weighted by atomic mass is 9.88. The van der Waals surface area contributed by atoms with Gasteiger partial charge in [0.2, 0.25) is 0 Å². The molecule has 0 amide bonds. The van der Waals surface area contributed by atoms with E-state index in [1.54, 1.807) is 6.92 Å². The largest absolute Gasteiger partial charge is 0.482 e. The zero-order valence-corrected chi connectivity index (χ0v) is 16.7. The van der Waals surface area contributed by atoms with Crippen LogP contribution in [0.1, 0.15) is 30.0 Å². The first-order valence-electron chi connectivity index (χ1n) is 9.62. The number of fused-ring (bicyclic) bond motifs is 1. The fourth-order valence-corrected chi connectivity index (χ4v) is 3.74. The summed E-state index contributed by atoms with van der Waals surface area (Å²) in [7, 11) is 0. The van der Waals surface area contributed by atoms with E-state index in [4.69, 9.17) is 21.1 Å². The molecule has 0 spiro atoms. The number of aliphatic hydroxyl groups excluding tert-OH is 1. The maximum absolute atomic E-state index is 11.5. The third-order valence-corrected chi connectivity index (χ3v) is 5.05. The van der Waals surface area contributed by atoms with Crippen LogP contribution in [0.15, 0.2) is 42.5 Å². The number of aryl methyl sites for hydroxylation is 1. The lowest BCUT2D eigenvalue weighted by Gasteiger charge is -2.28. The zero-order chi connectivity index (χ0) is 19.9. The molecule has 150 valence electrons. The standard InChI is InChI=1S/C22H26ClNO4/c1-2-27-22(26)14-28-20-9-7-16-6-8-19(12-17(16)13-20)24-21(25)11-15-4-3-5-18(23)10-15/h3-5,7,9-10,13,19,21,24-25H,2,6,8,11-12,14H2,1H3/t19-,21+/m0/s1. The Morgan fingerprint density at radius 1 is 1.29 bits per heavy atom. The molecular weight excluding hydrogens is 378 g/mol. The predicted octanol–water partition coefficient (Wildman–Crippen LogP) is 3.29. The molecule has 6 heteroatoms. The Hall–Kier alpha value is -2.08. The Morgan fingerprint density at radius 2 is 2.14 bits per heavy atom. The van der Waals surface area contributed by atoms with Crippen molar-refractivity contribution in [3.8, 4) is 5.75 Å². The van der Waals surface area contributed by atoms with E-state index in [9.17, 15) is 9.90 Å². The summed E-state index contributed by atoms with van der Waals surface area (Å²) in [5, 5.41) is 14.4. The Balaban J connectivity index is 1.55. The first-order valence-corrected chi connectivity index (χ1v) is 10.00. The highest BCUT2D eigenvalue weighted by Crippen LogP contribution is 2.26. The van der Waals surface area contributed by atoms with Gasteiger partial charge < -0.3 is 14.6 Å². The molecule has 0 radical (unpaired) electrons. The van der Waals surface area contributed by atoms with Gasteiger partial charge in [-0.3, -0.25) is 5.32 Å².